The van der Waals surface area contributed by atoms with Crippen LogP contribution in [-0.4, -0.2) is 17.6 Å². The molecular formula is C24H22N2O3. The fourth-order valence-corrected chi connectivity index (χ4v) is 2.96. The summed E-state index contributed by atoms with van der Waals surface area (Å²) in [7, 11) is 0. The van der Waals surface area contributed by atoms with Gasteiger partial charge in [0.05, 0.1) is 0 Å². The molecule has 0 aromatic heterocycles. The van der Waals surface area contributed by atoms with E-state index in [1.165, 1.54) is 6.92 Å². The van der Waals surface area contributed by atoms with Gasteiger partial charge in [-0.2, -0.15) is 0 Å². The van der Waals surface area contributed by atoms with E-state index in [4.69, 9.17) is 0 Å². The van der Waals surface area contributed by atoms with Crippen molar-refractivity contribution in [3.63, 3.8) is 0 Å². The third-order valence-electron chi connectivity index (χ3n) is 4.68. The third-order valence-corrected chi connectivity index (χ3v) is 4.68. The molecule has 2 amide bonds. The number of amides is 2. The molecule has 0 unspecified atom stereocenters. The molecule has 5 nitrogen and oxygen atoms in total. The second kappa shape index (κ2) is 8.52. The Balaban J connectivity index is 1.68. The Morgan fingerprint density at radius 2 is 1.07 bits per heavy atom. The van der Waals surface area contributed by atoms with E-state index in [0.717, 1.165) is 16.8 Å². The van der Waals surface area contributed by atoms with Crippen molar-refractivity contribution in [3.8, 4) is 0 Å². The van der Waals surface area contributed by atoms with E-state index in [9.17, 15) is 14.4 Å². The number of nitrogens with one attached hydrogen (secondary N) is 2. The first-order chi connectivity index (χ1) is 13.8. The zero-order valence-corrected chi connectivity index (χ0v) is 16.6. The van der Waals surface area contributed by atoms with Crippen LogP contribution in [0.4, 0.5) is 11.4 Å². The van der Waals surface area contributed by atoms with Gasteiger partial charge >= 0.3 is 0 Å². The van der Waals surface area contributed by atoms with Gasteiger partial charge in [-0.05, 0) is 80.4 Å². The average Bonchev–Trinajstić information content (AvgIpc) is 2.71. The number of rotatable bonds is 5. The molecule has 3 aromatic rings. The van der Waals surface area contributed by atoms with Crippen LogP contribution in [-0.2, 0) is 0 Å². The van der Waals surface area contributed by atoms with Crippen LogP contribution in [0.5, 0.6) is 0 Å². The molecule has 0 atom stereocenters. The molecule has 0 aliphatic carbocycles. The van der Waals surface area contributed by atoms with Crippen LogP contribution in [0.2, 0.25) is 0 Å². The first-order valence-electron chi connectivity index (χ1n) is 9.25. The lowest BCUT2D eigenvalue weighted by Crippen LogP contribution is -2.15. The van der Waals surface area contributed by atoms with Gasteiger partial charge in [-0.15, -0.1) is 0 Å². The second-order valence-corrected chi connectivity index (χ2v) is 6.89. The van der Waals surface area contributed by atoms with Gasteiger partial charge in [0, 0.05) is 28.1 Å². The van der Waals surface area contributed by atoms with E-state index >= 15 is 0 Å². The number of aryl methyl sites for hydroxylation is 2. The van der Waals surface area contributed by atoms with Gasteiger partial charge in [-0.25, -0.2) is 0 Å². The average molecular weight is 386 g/mol. The molecule has 3 rings (SSSR count). The summed E-state index contributed by atoms with van der Waals surface area (Å²) in [6.45, 7) is 5.38. The second-order valence-electron chi connectivity index (χ2n) is 6.89. The van der Waals surface area contributed by atoms with Crippen molar-refractivity contribution in [2.24, 2.45) is 0 Å². The minimum Gasteiger partial charge on any atom is -0.322 e. The minimum atomic E-state index is -0.290. The fourth-order valence-electron chi connectivity index (χ4n) is 2.96. The Hall–Kier alpha value is -3.73. The van der Waals surface area contributed by atoms with E-state index in [-0.39, 0.29) is 17.6 Å². The minimum absolute atomic E-state index is 0.0300. The van der Waals surface area contributed by atoms with Crippen molar-refractivity contribution in [2.45, 2.75) is 20.8 Å². The number of benzene rings is 3. The maximum absolute atomic E-state index is 12.5. The number of anilines is 2. The predicted octanol–water partition coefficient (Wildman–Crippen LogP) is 5.01. The molecule has 29 heavy (non-hydrogen) atoms. The van der Waals surface area contributed by atoms with Crippen molar-refractivity contribution >= 4 is 29.0 Å². The molecule has 0 heterocycles. The maximum Gasteiger partial charge on any atom is 0.255 e. The number of carbonyl (C=O) groups is 3. The quantitative estimate of drug-likeness (QED) is 0.605. The molecule has 0 aliphatic heterocycles. The predicted molar refractivity (Wildman–Crippen MR) is 115 cm³/mol. The standard InChI is InChI=1S/C24H22N2O3/c1-15-5-4-6-16(2)22(15)26-24(29)20-9-7-19(8-10-20)23(28)25-21-13-11-18(12-14-21)17(3)27/h4-14H,1-3H3,(H,25,28)(H,26,29). The van der Waals surface area contributed by atoms with Gasteiger partial charge in [-0.1, -0.05) is 18.2 Å². The van der Waals surface area contributed by atoms with Crippen molar-refractivity contribution in [2.75, 3.05) is 10.6 Å². The lowest BCUT2D eigenvalue weighted by Gasteiger charge is -2.12. The number of hydrogen-bond donors (Lipinski definition) is 2. The molecule has 146 valence electrons. The zero-order valence-electron chi connectivity index (χ0n) is 16.6. The van der Waals surface area contributed by atoms with Gasteiger partial charge in [-0.3, -0.25) is 14.4 Å². The number of carbonyl (C=O) groups excluding carboxylic acids is 3. The van der Waals surface area contributed by atoms with Crippen molar-refractivity contribution in [1.82, 2.24) is 0 Å². The Bertz CT molecular complexity index is 1050. The molecular weight excluding hydrogens is 364 g/mol. The van der Waals surface area contributed by atoms with Crippen LogP contribution in [0.1, 0.15) is 49.1 Å². The summed E-state index contributed by atoms with van der Waals surface area (Å²) >= 11 is 0. The molecule has 0 saturated heterocycles. The molecule has 3 aromatic carbocycles. The lowest BCUT2D eigenvalue weighted by molar-refractivity contribution is 0.101. The van der Waals surface area contributed by atoms with Gasteiger partial charge in [0.25, 0.3) is 11.8 Å². The maximum atomic E-state index is 12.5. The van der Waals surface area contributed by atoms with Crippen LogP contribution in [0.25, 0.3) is 0 Å². The molecule has 0 radical (unpaired) electrons. The van der Waals surface area contributed by atoms with Crippen LogP contribution in [0.3, 0.4) is 0 Å². The third kappa shape index (κ3) is 4.76. The van der Waals surface area contributed by atoms with Crippen LogP contribution in [0.15, 0.2) is 66.7 Å². The first kappa shape index (κ1) is 20.0. The highest BCUT2D eigenvalue weighted by atomic mass is 16.2. The number of hydrogen-bond acceptors (Lipinski definition) is 3. The van der Waals surface area contributed by atoms with E-state index in [1.54, 1.807) is 48.5 Å². The van der Waals surface area contributed by atoms with Crippen LogP contribution in [0, 0.1) is 13.8 Å². The normalized spacial score (nSPS) is 10.3. The lowest BCUT2D eigenvalue weighted by atomic mass is 10.1. The van der Waals surface area contributed by atoms with Crippen LogP contribution >= 0.6 is 0 Å². The van der Waals surface area contributed by atoms with Gasteiger partial charge in [0.15, 0.2) is 5.78 Å². The fraction of sp³-hybridized carbons (Fsp3) is 0.125. The molecule has 0 bridgehead atoms. The van der Waals surface area contributed by atoms with Crippen molar-refractivity contribution in [3.05, 3.63) is 94.5 Å². The summed E-state index contributed by atoms with van der Waals surface area (Å²) in [5.41, 5.74) is 4.86. The number of para-hydroxylation sites is 1. The van der Waals surface area contributed by atoms with Crippen molar-refractivity contribution < 1.29 is 14.4 Å². The number of ketones is 1. The van der Waals surface area contributed by atoms with Crippen molar-refractivity contribution in [1.29, 1.82) is 0 Å². The smallest absolute Gasteiger partial charge is 0.255 e. The summed E-state index contributed by atoms with van der Waals surface area (Å²) < 4.78 is 0. The number of Topliss-reactive ketones (excluding diaryl/α,β-unsaturated/α-hetero) is 1. The van der Waals surface area contributed by atoms with E-state index < -0.39 is 0 Å². The van der Waals surface area contributed by atoms with Gasteiger partial charge in [0.1, 0.15) is 0 Å². The first-order valence-corrected chi connectivity index (χ1v) is 9.25. The Morgan fingerprint density at radius 1 is 0.621 bits per heavy atom. The van der Waals surface area contributed by atoms with Gasteiger partial charge in [0.2, 0.25) is 0 Å². The SMILES string of the molecule is CC(=O)c1ccc(NC(=O)c2ccc(C(=O)Nc3c(C)cccc3C)cc2)cc1. The molecule has 5 heteroatoms. The molecule has 0 aliphatic rings. The summed E-state index contributed by atoms with van der Waals surface area (Å²) in [4.78, 5) is 36.3. The van der Waals surface area contributed by atoms with E-state index in [0.29, 0.717) is 22.4 Å². The monoisotopic (exact) mass is 386 g/mol. The van der Waals surface area contributed by atoms with Gasteiger partial charge < -0.3 is 10.6 Å². The molecule has 0 fully saturated rings. The topological polar surface area (TPSA) is 75.3 Å². The van der Waals surface area contributed by atoms with E-state index in [1.807, 2.05) is 32.0 Å². The highest BCUT2D eigenvalue weighted by Crippen LogP contribution is 2.20. The summed E-state index contributed by atoms with van der Waals surface area (Å²) in [5, 5.41) is 5.71. The van der Waals surface area contributed by atoms with Crippen LogP contribution < -0.4 is 10.6 Å². The summed E-state index contributed by atoms with van der Waals surface area (Å²) in [6.07, 6.45) is 0. The largest absolute Gasteiger partial charge is 0.322 e. The highest BCUT2D eigenvalue weighted by molar-refractivity contribution is 6.07. The molecule has 2 N–H and O–H groups in total. The highest BCUT2D eigenvalue weighted by Gasteiger charge is 2.12. The summed E-state index contributed by atoms with van der Waals surface area (Å²) in [5.74, 6) is -0.547. The Labute approximate surface area is 169 Å². The molecule has 0 spiro atoms. The molecule has 0 saturated carbocycles. The Morgan fingerprint density at radius 3 is 1.55 bits per heavy atom. The zero-order chi connectivity index (χ0) is 21.0. The van der Waals surface area contributed by atoms with E-state index in [2.05, 4.69) is 10.6 Å². The summed E-state index contributed by atoms with van der Waals surface area (Å²) in [6, 6.07) is 19.0. The Kier molecular flexibility index (Phi) is 5.88.